The van der Waals surface area contributed by atoms with Crippen LogP contribution in [0.4, 0.5) is 11.4 Å². The van der Waals surface area contributed by atoms with Crippen molar-refractivity contribution < 1.29 is 4.79 Å². The van der Waals surface area contributed by atoms with Crippen LogP contribution in [0.15, 0.2) is 36.4 Å². The van der Waals surface area contributed by atoms with Crippen molar-refractivity contribution in [2.45, 2.75) is 27.2 Å². The highest BCUT2D eigenvalue weighted by Crippen LogP contribution is 2.27. The van der Waals surface area contributed by atoms with Crippen LogP contribution in [0.3, 0.4) is 0 Å². The summed E-state index contributed by atoms with van der Waals surface area (Å²) in [6.45, 7) is 10.1. The van der Waals surface area contributed by atoms with Crippen LogP contribution in [0, 0.1) is 20.8 Å². The number of piperazine rings is 1. The van der Waals surface area contributed by atoms with Crippen LogP contribution < -0.4 is 10.2 Å². The monoisotopic (exact) mass is 485 g/mol. The van der Waals surface area contributed by atoms with E-state index in [1.165, 1.54) is 5.69 Å². The van der Waals surface area contributed by atoms with Gasteiger partial charge in [-0.2, -0.15) is 5.10 Å². The van der Waals surface area contributed by atoms with E-state index >= 15 is 0 Å². The normalized spacial score (nSPS) is 14.5. The minimum atomic E-state index is -0.0645. The topological polar surface area (TPSA) is 53.4 Å². The van der Waals surface area contributed by atoms with E-state index in [1.807, 2.05) is 32.9 Å². The molecule has 1 saturated heterocycles. The third kappa shape index (κ3) is 5.18. The average Bonchev–Trinajstić information content (AvgIpc) is 3.06. The van der Waals surface area contributed by atoms with Crippen LogP contribution in [-0.2, 0) is 11.2 Å². The van der Waals surface area contributed by atoms with Crippen molar-refractivity contribution in [1.29, 1.82) is 0 Å². The number of carbonyl (C=O) groups excluding carboxylic acids is 1. The van der Waals surface area contributed by atoms with E-state index in [0.717, 1.165) is 60.1 Å². The summed E-state index contributed by atoms with van der Waals surface area (Å²) in [6, 6.07) is 11.6. The molecule has 33 heavy (non-hydrogen) atoms. The van der Waals surface area contributed by atoms with E-state index in [0.29, 0.717) is 10.0 Å². The Kier molecular flexibility index (Phi) is 6.98. The summed E-state index contributed by atoms with van der Waals surface area (Å²) in [5, 5.41) is 8.66. The summed E-state index contributed by atoms with van der Waals surface area (Å²) in [6.07, 6.45) is 0.249. The number of benzene rings is 2. The maximum Gasteiger partial charge on any atom is 0.228 e. The smallest absolute Gasteiger partial charge is 0.228 e. The minimum Gasteiger partial charge on any atom is -0.369 e. The molecule has 0 unspecified atom stereocenters. The lowest BCUT2D eigenvalue weighted by Gasteiger charge is -2.34. The second-order valence-corrected chi connectivity index (χ2v) is 9.49. The molecule has 0 saturated carbocycles. The zero-order valence-corrected chi connectivity index (χ0v) is 21.0. The van der Waals surface area contributed by atoms with E-state index < -0.39 is 0 Å². The van der Waals surface area contributed by atoms with Gasteiger partial charge in [0.1, 0.15) is 0 Å². The van der Waals surface area contributed by atoms with Gasteiger partial charge >= 0.3 is 0 Å². The average molecular weight is 486 g/mol. The van der Waals surface area contributed by atoms with E-state index in [1.54, 1.807) is 16.8 Å². The molecule has 4 rings (SSSR count). The molecule has 1 aliphatic heterocycles. The highest BCUT2D eigenvalue weighted by molar-refractivity contribution is 6.42. The number of rotatable bonds is 5. The SMILES string of the molecule is Cc1cc(N2CCN(C)CC2)ccc1NC(=O)Cc1c(C)nn(-c2ccc(Cl)c(Cl)c2)c1C. The second-order valence-electron chi connectivity index (χ2n) is 8.67. The Hall–Kier alpha value is -2.54. The van der Waals surface area contributed by atoms with Gasteiger partial charge in [0.25, 0.3) is 0 Å². The Morgan fingerprint density at radius 1 is 0.970 bits per heavy atom. The molecule has 3 aromatic rings. The Balaban J connectivity index is 1.47. The molecule has 6 nitrogen and oxygen atoms in total. The number of halogens is 2. The van der Waals surface area contributed by atoms with Gasteiger partial charge in [-0.05, 0) is 69.8 Å². The zero-order valence-electron chi connectivity index (χ0n) is 19.5. The summed E-state index contributed by atoms with van der Waals surface area (Å²) in [7, 11) is 2.15. The molecule has 0 radical (unpaired) electrons. The molecule has 1 fully saturated rings. The summed E-state index contributed by atoms with van der Waals surface area (Å²) < 4.78 is 1.80. The van der Waals surface area contributed by atoms with Gasteiger partial charge in [0.05, 0.1) is 27.8 Å². The first-order valence-corrected chi connectivity index (χ1v) is 11.8. The third-order valence-electron chi connectivity index (χ3n) is 6.28. The van der Waals surface area contributed by atoms with E-state index in [2.05, 4.69) is 39.4 Å². The van der Waals surface area contributed by atoms with Gasteiger partial charge in [-0.15, -0.1) is 0 Å². The van der Waals surface area contributed by atoms with Gasteiger partial charge in [-0.3, -0.25) is 4.79 Å². The fraction of sp³-hybridized carbons (Fsp3) is 0.360. The molecule has 2 heterocycles. The molecule has 2 aromatic carbocycles. The Bertz CT molecular complexity index is 1180. The summed E-state index contributed by atoms with van der Waals surface area (Å²) in [5.41, 5.74) is 6.54. The summed E-state index contributed by atoms with van der Waals surface area (Å²) in [5.74, 6) is -0.0645. The summed E-state index contributed by atoms with van der Waals surface area (Å²) in [4.78, 5) is 17.6. The Labute approximate surface area is 205 Å². The number of aryl methyl sites for hydroxylation is 2. The second kappa shape index (κ2) is 9.75. The van der Waals surface area contributed by atoms with Crippen molar-refractivity contribution in [3.63, 3.8) is 0 Å². The number of nitrogens with zero attached hydrogens (tertiary/aromatic N) is 4. The van der Waals surface area contributed by atoms with Crippen LogP contribution in [0.1, 0.15) is 22.5 Å². The highest BCUT2D eigenvalue weighted by atomic mass is 35.5. The van der Waals surface area contributed by atoms with Crippen molar-refractivity contribution in [2.24, 2.45) is 0 Å². The lowest BCUT2D eigenvalue weighted by atomic mass is 10.1. The Morgan fingerprint density at radius 2 is 1.67 bits per heavy atom. The number of hydrogen-bond donors (Lipinski definition) is 1. The van der Waals surface area contributed by atoms with Gasteiger partial charge in [0.2, 0.25) is 5.91 Å². The quantitative estimate of drug-likeness (QED) is 0.549. The van der Waals surface area contributed by atoms with E-state index in [4.69, 9.17) is 23.2 Å². The first-order valence-electron chi connectivity index (χ1n) is 11.1. The van der Waals surface area contributed by atoms with Crippen LogP contribution in [-0.4, -0.2) is 53.8 Å². The maximum absolute atomic E-state index is 12.9. The molecule has 1 aromatic heterocycles. The molecule has 174 valence electrons. The van der Waals surface area contributed by atoms with Crippen LogP contribution in [0.2, 0.25) is 10.0 Å². The first-order chi connectivity index (χ1) is 15.7. The minimum absolute atomic E-state index is 0.0645. The molecule has 0 aliphatic carbocycles. The predicted octanol–water partition coefficient (Wildman–Crippen LogP) is 5.04. The fourth-order valence-electron chi connectivity index (χ4n) is 4.20. The molecule has 0 atom stereocenters. The molecule has 8 heteroatoms. The number of aromatic nitrogens is 2. The number of hydrogen-bond acceptors (Lipinski definition) is 4. The lowest BCUT2D eigenvalue weighted by Crippen LogP contribution is -2.44. The standard InChI is InChI=1S/C25H29Cl2N5O/c1-16-13-19(31-11-9-30(4)10-12-31)6-8-24(16)28-25(33)15-21-17(2)29-32(18(21)3)20-5-7-22(26)23(27)14-20/h5-8,13-14H,9-12,15H2,1-4H3,(H,28,33). The zero-order chi connectivity index (χ0) is 23.7. The molecule has 1 aliphatic rings. The molecular weight excluding hydrogens is 457 g/mol. The van der Waals surface area contributed by atoms with Gasteiger partial charge in [0.15, 0.2) is 0 Å². The van der Waals surface area contributed by atoms with Gasteiger partial charge < -0.3 is 15.1 Å². The van der Waals surface area contributed by atoms with Crippen molar-refractivity contribution in [2.75, 3.05) is 43.4 Å². The van der Waals surface area contributed by atoms with Crippen molar-refractivity contribution in [3.05, 3.63) is 69.0 Å². The number of nitrogens with one attached hydrogen (secondary N) is 1. The van der Waals surface area contributed by atoms with Crippen molar-refractivity contribution >= 4 is 40.5 Å². The number of anilines is 2. The Morgan fingerprint density at radius 3 is 2.33 bits per heavy atom. The number of likely N-dealkylation sites (N-methyl/N-ethyl adjacent to an activating group) is 1. The highest BCUT2D eigenvalue weighted by Gasteiger charge is 2.18. The predicted molar refractivity (Wildman–Crippen MR) is 136 cm³/mol. The fourth-order valence-corrected chi connectivity index (χ4v) is 4.50. The van der Waals surface area contributed by atoms with Crippen molar-refractivity contribution in [1.82, 2.24) is 14.7 Å². The van der Waals surface area contributed by atoms with Gasteiger partial charge in [-0.1, -0.05) is 23.2 Å². The summed E-state index contributed by atoms with van der Waals surface area (Å²) >= 11 is 12.2. The van der Waals surface area contributed by atoms with Crippen LogP contribution in [0.5, 0.6) is 0 Å². The van der Waals surface area contributed by atoms with Gasteiger partial charge in [0, 0.05) is 48.8 Å². The van der Waals surface area contributed by atoms with Crippen molar-refractivity contribution in [3.8, 4) is 5.69 Å². The lowest BCUT2D eigenvalue weighted by molar-refractivity contribution is -0.115. The molecule has 1 amide bonds. The molecule has 0 bridgehead atoms. The molecular formula is C25H29Cl2N5O. The largest absolute Gasteiger partial charge is 0.369 e. The molecule has 0 spiro atoms. The van der Waals surface area contributed by atoms with E-state index in [9.17, 15) is 4.79 Å². The molecule has 1 N–H and O–H groups in total. The van der Waals surface area contributed by atoms with Gasteiger partial charge in [-0.25, -0.2) is 4.68 Å². The van der Waals surface area contributed by atoms with E-state index in [-0.39, 0.29) is 12.3 Å². The van der Waals surface area contributed by atoms with Crippen LogP contribution >= 0.6 is 23.2 Å². The first kappa shape index (κ1) is 23.6. The number of amides is 1. The van der Waals surface area contributed by atoms with Crippen LogP contribution in [0.25, 0.3) is 5.69 Å². The third-order valence-corrected chi connectivity index (χ3v) is 7.02. The maximum atomic E-state index is 12.9. The number of carbonyl (C=O) groups is 1.